The molecule has 11 heteroatoms. The fourth-order valence-corrected chi connectivity index (χ4v) is 2.68. The zero-order valence-electron chi connectivity index (χ0n) is 16.6. The molecule has 0 radical (unpaired) electrons. The molecule has 3 amide bonds. The van der Waals surface area contributed by atoms with Crippen LogP contribution in [0.2, 0.25) is 0 Å². The van der Waals surface area contributed by atoms with Gasteiger partial charge in [0, 0.05) is 11.5 Å². The molecular weight excluding hydrogens is 404 g/mol. The monoisotopic (exact) mass is 436 g/mol. The predicted molar refractivity (Wildman–Crippen MR) is 113 cm³/mol. The van der Waals surface area contributed by atoms with E-state index < -0.39 is 47.9 Å². The highest BCUT2D eigenvalue weighted by molar-refractivity contribution is 7.80. The van der Waals surface area contributed by atoms with E-state index in [0.717, 1.165) is 0 Å². The van der Waals surface area contributed by atoms with Gasteiger partial charge in [-0.3, -0.25) is 14.4 Å². The quantitative estimate of drug-likeness (QED) is 0.203. The van der Waals surface area contributed by atoms with Crippen molar-refractivity contribution in [1.82, 2.24) is 16.0 Å². The summed E-state index contributed by atoms with van der Waals surface area (Å²) >= 11 is 7.89. The lowest BCUT2D eigenvalue weighted by Gasteiger charge is -2.29. The second-order valence-corrected chi connectivity index (χ2v) is 7.70. The first-order chi connectivity index (χ1) is 13.0. The minimum Gasteiger partial charge on any atom is -0.480 e. The number of aliphatic carboxylic acids is 1. The van der Waals surface area contributed by atoms with Gasteiger partial charge in [0.2, 0.25) is 17.7 Å². The van der Waals surface area contributed by atoms with Crippen molar-refractivity contribution in [3.63, 3.8) is 0 Å². The molecule has 0 aromatic carbocycles. The Morgan fingerprint density at radius 2 is 1.39 bits per heavy atom. The van der Waals surface area contributed by atoms with Crippen LogP contribution in [0.3, 0.4) is 0 Å². The summed E-state index contributed by atoms with van der Waals surface area (Å²) in [6, 6.07) is -3.90. The van der Waals surface area contributed by atoms with E-state index in [1.165, 1.54) is 0 Å². The molecule has 0 spiro atoms. The van der Waals surface area contributed by atoms with Gasteiger partial charge in [0.25, 0.3) is 0 Å². The van der Waals surface area contributed by atoms with Crippen LogP contribution in [0.5, 0.6) is 0 Å². The molecule has 5 atom stereocenters. The molecule has 9 nitrogen and oxygen atoms in total. The van der Waals surface area contributed by atoms with Crippen LogP contribution in [0.15, 0.2) is 0 Å². The fraction of sp³-hybridized carbons (Fsp3) is 0.765. The van der Waals surface area contributed by atoms with Gasteiger partial charge in [-0.05, 0) is 11.8 Å². The number of thiol groups is 2. The number of carboxylic acid groups (broad SMARTS) is 1. The molecule has 0 rings (SSSR count). The molecule has 162 valence electrons. The third kappa shape index (κ3) is 8.27. The van der Waals surface area contributed by atoms with Gasteiger partial charge in [0.05, 0.1) is 6.04 Å². The molecular formula is C17H32N4O5S2. The molecule has 0 saturated carbocycles. The molecule has 28 heavy (non-hydrogen) atoms. The maximum Gasteiger partial charge on any atom is 0.327 e. The smallest absolute Gasteiger partial charge is 0.327 e. The van der Waals surface area contributed by atoms with Gasteiger partial charge in [0.15, 0.2) is 0 Å². The highest BCUT2D eigenvalue weighted by Gasteiger charge is 2.33. The van der Waals surface area contributed by atoms with E-state index in [1.807, 2.05) is 6.92 Å². The number of amides is 3. The third-order valence-corrected chi connectivity index (χ3v) is 5.13. The SMILES string of the molecule is CCC(C)C(NC(=O)C(N)CS)C(=O)NC(C(=O)NC(CS)C(=O)O)C(C)C. The van der Waals surface area contributed by atoms with Crippen LogP contribution in [0, 0.1) is 11.8 Å². The minimum atomic E-state index is -1.22. The van der Waals surface area contributed by atoms with Crippen LogP contribution < -0.4 is 21.7 Å². The molecule has 0 aliphatic heterocycles. The zero-order chi connectivity index (χ0) is 22.0. The molecule has 6 N–H and O–H groups in total. The number of hydrogen-bond donors (Lipinski definition) is 7. The van der Waals surface area contributed by atoms with Crippen molar-refractivity contribution in [2.24, 2.45) is 17.6 Å². The molecule has 0 aromatic heterocycles. The Balaban J connectivity index is 5.36. The van der Waals surface area contributed by atoms with Crippen molar-refractivity contribution in [3.05, 3.63) is 0 Å². The van der Waals surface area contributed by atoms with Crippen LogP contribution in [0.4, 0.5) is 0 Å². The third-order valence-electron chi connectivity index (χ3n) is 4.37. The maximum absolute atomic E-state index is 12.8. The van der Waals surface area contributed by atoms with Gasteiger partial charge in [-0.25, -0.2) is 4.79 Å². The number of rotatable bonds is 12. The first-order valence-corrected chi connectivity index (χ1v) is 10.4. The summed E-state index contributed by atoms with van der Waals surface area (Å²) in [4.78, 5) is 48.5. The predicted octanol–water partition coefficient (Wildman–Crippen LogP) is -0.586. The van der Waals surface area contributed by atoms with E-state index in [9.17, 15) is 19.2 Å². The average molecular weight is 437 g/mol. The van der Waals surface area contributed by atoms with Crippen LogP contribution in [0.1, 0.15) is 34.1 Å². The number of nitrogens with one attached hydrogen (secondary N) is 3. The van der Waals surface area contributed by atoms with Crippen LogP contribution in [-0.2, 0) is 19.2 Å². The van der Waals surface area contributed by atoms with E-state index in [4.69, 9.17) is 10.8 Å². The highest BCUT2D eigenvalue weighted by Crippen LogP contribution is 2.11. The normalized spacial score (nSPS) is 16.4. The van der Waals surface area contributed by atoms with Gasteiger partial charge >= 0.3 is 5.97 Å². The Labute approximate surface area is 176 Å². The second-order valence-electron chi connectivity index (χ2n) is 6.97. The van der Waals surface area contributed by atoms with Crippen molar-refractivity contribution in [3.8, 4) is 0 Å². The average Bonchev–Trinajstić information content (AvgIpc) is 2.65. The molecule has 0 aliphatic rings. The summed E-state index contributed by atoms with van der Waals surface area (Å²) in [5.41, 5.74) is 5.66. The fourth-order valence-electron chi connectivity index (χ4n) is 2.27. The number of carbonyl (C=O) groups is 4. The zero-order valence-corrected chi connectivity index (χ0v) is 18.4. The minimum absolute atomic E-state index is 0.0903. The van der Waals surface area contributed by atoms with E-state index in [1.54, 1.807) is 20.8 Å². The van der Waals surface area contributed by atoms with Crippen LogP contribution >= 0.6 is 25.3 Å². The summed E-state index contributed by atoms with van der Waals surface area (Å²) in [6.07, 6.45) is 0.605. The maximum atomic E-state index is 12.8. The van der Waals surface area contributed by atoms with Crippen molar-refractivity contribution in [1.29, 1.82) is 0 Å². The van der Waals surface area contributed by atoms with Crippen LogP contribution in [0.25, 0.3) is 0 Å². The van der Waals surface area contributed by atoms with Crippen molar-refractivity contribution in [2.75, 3.05) is 11.5 Å². The van der Waals surface area contributed by atoms with E-state index in [0.29, 0.717) is 6.42 Å². The Hall–Kier alpha value is -1.46. The summed E-state index contributed by atoms with van der Waals surface area (Å²) in [6.45, 7) is 7.10. The number of carbonyl (C=O) groups excluding carboxylic acids is 3. The number of hydrogen-bond acceptors (Lipinski definition) is 7. The van der Waals surface area contributed by atoms with Crippen molar-refractivity contribution < 1.29 is 24.3 Å². The Kier molecular flexibility index (Phi) is 12.2. The van der Waals surface area contributed by atoms with Crippen molar-refractivity contribution >= 4 is 48.9 Å². The molecule has 5 unspecified atom stereocenters. The summed E-state index contributed by atoms with van der Waals surface area (Å²) in [7, 11) is 0. The lowest BCUT2D eigenvalue weighted by atomic mass is 9.96. The van der Waals surface area contributed by atoms with Gasteiger partial charge in [0.1, 0.15) is 18.1 Å². The second kappa shape index (κ2) is 12.9. The number of nitrogens with two attached hydrogens (primary N) is 1. The van der Waals surface area contributed by atoms with Gasteiger partial charge in [-0.2, -0.15) is 25.3 Å². The molecule has 0 aromatic rings. The Bertz CT molecular complexity index is 562. The molecule has 0 fully saturated rings. The molecule has 0 saturated heterocycles. The van der Waals surface area contributed by atoms with Crippen LogP contribution in [-0.4, -0.2) is 64.5 Å². The first-order valence-electron chi connectivity index (χ1n) is 9.11. The Morgan fingerprint density at radius 3 is 1.79 bits per heavy atom. The van der Waals surface area contributed by atoms with E-state index in [-0.39, 0.29) is 23.3 Å². The first kappa shape index (κ1) is 26.5. The Morgan fingerprint density at radius 1 is 0.893 bits per heavy atom. The summed E-state index contributed by atoms with van der Waals surface area (Å²) in [5.74, 6) is -3.40. The number of carboxylic acids is 1. The lowest BCUT2D eigenvalue weighted by molar-refractivity contribution is -0.142. The molecule has 0 bridgehead atoms. The van der Waals surface area contributed by atoms with E-state index >= 15 is 0 Å². The van der Waals surface area contributed by atoms with E-state index in [2.05, 4.69) is 41.2 Å². The largest absolute Gasteiger partial charge is 0.480 e. The summed E-state index contributed by atoms with van der Waals surface area (Å²) < 4.78 is 0. The van der Waals surface area contributed by atoms with Gasteiger partial charge in [-0.1, -0.05) is 34.1 Å². The van der Waals surface area contributed by atoms with Crippen molar-refractivity contribution in [2.45, 2.75) is 58.3 Å². The standard InChI is InChI=1S/C17H32N4O5S2/c1-5-9(4)13(21-14(22)10(18)6-27)16(24)20-12(8(2)3)15(23)19-11(7-28)17(25)26/h8-13,27-28H,5-7,18H2,1-4H3,(H,19,23)(H,20,24)(H,21,22)(H,25,26). The van der Waals surface area contributed by atoms with Gasteiger partial charge < -0.3 is 26.8 Å². The topological polar surface area (TPSA) is 151 Å². The van der Waals surface area contributed by atoms with Gasteiger partial charge in [-0.15, -0.1) is 0 Å². The summed E-state index contributed by atoms with van der Waals surface area (Å²) in [5, 5.41) is 16.7. The lowest BCUT2D eigenvalue weighted by Crippen LogP contribution is -2.60. The highest BCUT2D eigenvalue weighted by atomic mass is 32.1. The molecule has 0 aliphatic carbocycles. The molecule has 0 heterocycles.